The van der Waals surface area contributed by atoms with Crippen LogP contribution in [-0.2, 0) is 11.2 Å². The van der Waals surface area contributed by atoms with Gasteiger partial charge in [0.15, 0.2) is 5.13 Å². The summed E-state index contributed by atoms with van der Waals surface area (Å²) in [7, 11) is 0. The maximum Gasteiger partial charge on any atom is 0.243 e. The normalized spacial score (nSPS) is 11.6. The number of hydrogen-bond donors (Lipinski definition) is 2. The SMILES string of the molecule is Cc1nc(NC(=O)[C@@H](N)Cc2ccccc2)sc1C.Cl. The van der Waals surface area contributed by atoms with Gasteiger partial charge in [-0.05, 0) is 25.8 Å². The zero-order chi connectivity index (χ0) is 13.8. The van der Waals surface area contributed by atoms with Gasteiger partial charge in [-0.1, -0.05) is 30.3 Å². The molecule has 3 N–H and O–H groups in total. The van der Waals surface area contributed by atoms with Crippen LogP contribution in [0.5, 0.6) is 0 Å². The molecule has 1 aromatic heterocycles. The first-order valence-electron chi connectivity index (χ1n) is 6.10. The van der Waals surface area contributed by atoms with E-state index in [4.69, 9.17) is 5.73 Å². The number of carbonyl (C=O) groups is 1. The minimum absolute atomic E-state index is 0. The van der Waals surface area contributed by atoms with Gasteiger partial charge < -0.3 is 11.1 Å². The van der Waals surface area contributed by atoms with Crippen LogP contribution in [0.25, 0.3) is 0 Å². The Balaban J connectivity index is 0.00000200. The number of anilines is 1. The van der Waals surface area contributed by atoms with Crippen molar-refractivity contribution >= 4 is 34.8 Å². The molecule has 4 nitrogen and oxygen atoms in total. The first-order chi connectivity index (χ1) is 9.06. The molecule has 6 heteroatoms. The van der Waals surface area contributed by atoms with Gasteiger partial charge in [0.05, 0.1) is 11.7 Å². The smallest absolute Gasteiger partial charge is 0.243 e. The standard InChI is InChI=1S/C14H17N3OS.ClH/c1-9-10(2)19-14(16-9)17-13(18)12(15)8-11-6-4-3-5-7-11;/h3-7,12H,8,15H2,1-2H3,(H,16,17,18);1H/t12-;/m0./s1. The lowest BCUT2D eigenvalue weighted by molar-refractivity contribution is -0.117. The molecule has 1 atom stereocenters. The van der Waals surface area contributed by atoms with Crippen LogP contribution in [0.3, 0.4) is 0 Å². The minimum atomic E-state index is -0.563. The molecular formula is C14H18ClN3OS. The summed E-state index contributed by atoms with van der Waals surface area (Å²) in [6.45, 7) is 3.90. The van der Waals surface area contributed by atoms with E-state index in [0.717, 1.165) is 16.1 Å². The Kier molecular flexibility index (Phi) is 6.13. The summed E-state index contributed by atoms with van der Waals surface area (Å²) < 4.78 is 0. The highest BCUT2D eigenvalue weighted by Gasteiger charge is 2.16. The van der Waals surface area contributed by atoms with Crippen LogP contribution in [0.1, 0.15) is 16.1 Å². The fourth-order valence-corrected chi connectivity index (χ4v) is 2.50. The zero-order valence-corrected chi connectivity index (χ0v) is 13.1. The third kappa shape index (κ3) is 4.30. The van der Waals surface area contributed by atoms with Crippen LogP contribution in [0, 0.1) is 13.8 Å². The molecule has 1 heterocycles. The van der Waals surface area contributed by atoms with Gasteiger partial charge >= 0.3 is 0 Å². The quantitative estimate of drug-likeness (QED) is 0.912. The molecule has 0 unspecified atom stereocenters. The summed E-state index contributed by atoms with van der Waals surface area (Å²) in [6.07, 6.45) is 0.524. The van der Waals surface area contributed by atoms with Gasteiger partial charge in [0.2, 0.25) is 5.91 Å². The predicted octanol–water partition coefficient (Wildman–Crippen LogP) is 2.69. The second kappa shape index (κ2) is 7.38. The molecule has 0 saturated heterocycles. The second-order valence-corrected chi connectivity index (χ2v) is 5.65. The average molecular weight is 312 g/mol. The van der Waals surface area contributed by atoms with Crippen LogP contribution < -0.4 is 11.1 Å². The van der Waals surface area contributed by atoms with E-state index in [2.05, 4.69) is 10.3 Å². The lowest BCUT2D eigenvalue weighted by Gasteiger charge is -2.10. The minimum Gasteiger partial charge on any atom is -0.320 e. The van der Waals surface area contributed by atoms with Gasteiger partial charge in [-0.25, -0.2) is 4.98 Å². The molecule has 0 aliphatic rings. The van der Waals surface area contributed by atoms with E-state index in [-0.39, 0.29) is 18.3 Å². The van der Waals surface area contributed by atoms with E-state index in [1.807, 2.05) is 44.2 Å². The largest absolute Gasteiger partial charge is 0.320 e. The summed E-state index contributed by atoms with van der Waals surface area (Å²) in [6, 6.07) is 9.18. The monoisotopic (exact) mass is 311 g/mol. The Bertz CT molecular complexity index is 552. The highest BCUT2D eigenvalue weighted by atomic mass is 35.5. The van der Waals surface area contributed by atoms with Crippen molar-refractivity contribution in [2.75, 3.05) is 5.32 Å². The number of rotatable bonds is 4. The van der Waals surface area contributed by atoms with Gasteiger partial charge in [-0.3, -0.25) is 4.79 Å². The Morgan fingerprint density at radius 2 is 2.00 bits per heavy atom. The predicted molar refractivity (Wildman–Crippen MR) is 85.6 cm³/mol. The molecular weight excluding hydrogens is 294 g/mol. The molecule has 1 aromatic carbocycles. The van der Waals surface area contributed by atoms with Crippen molar-refractivity contribution in [2.24, 2.45) is 5.73 Å². The molecule has 0 spiro atoms. The molecule has 0 radical (unpaired) electrons. The number of aryl methyl sites for hydroxylation is 2. The van der Waals surface area contributed by atoms with Gasteiger partial charge in [-0.2, -0.15) is 0 Å². The van der Waals surface area contributed by atoms with Crippen LogP contribution in [0.2, 0.25) is 0 Å². The van der Waals surface area contributed by atoms with Crippen LogP contribution >= 0.6 is 23.7 Å². The highest BCUT2D eigenvalue weighted by Crippen LogP contribution is 2.21. The Morgan fingerprint density at radius 3 is 2.55 bits per heavy atom. The summed E-state index contributed by atoms with van der Waals surface area (Å²) in [5, 5.41) is 3.38. The van der Waals surface area contributed by atoms with Crippen molar-refractivity contribution in [3.05, 3.63) is 46.5 Å². The molecule has 0 saturated carbocycles. The number of amides is 1. The molecule has 2 aromatic rings. The first-order valence-corrected chi connectivity index (χ1v) is 6.92. The topological polar surface area (TPSA) is 68.0 Å². The number of carbonyl (C=O) groups excluding carboxylic acids is 1. The van der Waals surface area contributed by atoms with Gasteiger partial charge in [0, 0.05) is 4.88 Å². The maximum atomic E-state index is 12.0. The van der Waals surface area contributed by atoms with Gasteiger partial charge in [0.25, 0.3) is 0 Å². The zero-order valence-electron chi connectivity index (χ0n) is 11.4. The summed E-state index contributed by atoms with van der Waals surface area (Å²) >= 11 is 1.47. The van der Waals surface area contributed by atoms with E-state index in [1.165, 1.54) is 11.3 Å². The third-order valence-electron chi connectivity index (χ3n) is 2.89. The highest BCUT2D eigenvalue weighted by molar-refractivity contribution is 7.15. The van der Waals surface area contributed by atoms with Crippen LogP contribution in [-0.4, -0.2) is 16.9 Å². The number of nitrogens with zero attached hydrogens (tertiary/aromatic N) is 1. The number of benzene rings is 1. The van der Waals surface area contributed by atoms with E-state index < -0.39 is 6.04 Å². The first kappa shape index (κ1) is 16.6. The molecule has 20 heavy (non-hydrogen) atoms. The number of hydrogen-bond acceptors (Lipinski definition) is 4. The van der Waals surface area contributed by atoms with Crippen molar-refractivity contribution in [1.82, 2.24) is 4.98 Å². The van der Waals surface area contributed by atoms with Gasteiger partial charge in [0.1, 0.15) is 0 Å². The number of aromatic nitrogens is 1. The summed E-state index contributed by atoms with van der Waals surface area (Å²) in [4.78, 5) is 17.3. The molecule has 0 aliphatic heterocycles. The van der Waals surface area contributed by atoms with E-state index in [1.54, 1.807) is 0 Å². The second-order valence-electron chi connectivity index (χ2n) is 4.45. The van der Waals surface area contributed by atoms with E-state index in [0.29, 0.717) is 11.6 Å². The van der Waals surface area contributed by atoms with Gasteiger partial charge in [-0.15, -0.1) is 23.7 Å². The van der Waals surface area contributed by atoms with Crippen molar-refractivity contribution in [3.63, 3.8) is 0 Å². The lowest BCUT2D eigenvalue weighted by atomic mass is 10.1. The molecule has 2 rings (SSSR count). The summed E-state index contributed by atoms with van der Waals surface area (Å²) in [5.41, 5.74) is 7.90. The Hall–Kier alpha value is -1.43. The van der Waals surface area contributed by atoms with Crippen LogP contribution in [0.15, 0.2) is 30.3 Å². The van der Waals surface area contributed by atoms with Crippen molar-refractivity contribution in [1.29, 1.82) is 0 Å². The molecule has 0 aliphatic carbocycles. The molecule has 0 bridgehead atoms. The molecule has 1 amide bonds. The average Bonchev–Trinajstić information content (AvgIpc) is 2.69. The Morgan fingerprint density at radius 1 is 1.35 bits per heavy atom. The van der Waals surface area contributed by atoms with Crippen molar-refractivity contribution in [3.8, 4) is 0 Å². The fourth-order valence-electron chi connectivity index (χ4n) is 1.69. The number of halogens is 1. The van der Waals surface area contributed by atoms with Crippen LogP contribution in [0.4, 0.5) is 5.13 Å². The fraction of sp³-hybridized carbons (Fsp3) is 0.286. The number of nitrogens with two attached hydrogens (primary N) is 1. The molecule has 0 fully saturated rings. The summed E-state index contributed by atoms with van der Waals surface area (Å²) in [5.74, 6) is -0.197. The lowest BCUT2D eigenvalue weighted by Crippen LogP contribution is -2.37. The number of nitrogens with one attached hydrogen (secondary N) is 1. The van der Waals surface area contributed by atoms with E-state index in [9.17, 15) is 4.79 Å². The third-order valence-corrected chi connectivity index (χ3v) is 3.88. The van der Waals surface area contributed by atoms with Crippen molar-refractivity contribution < 1.29 is 4.79 Å². The Labute approximate surface area is 128 Å². The van der Waals surface area contributed by atoms with Crippen molar-refractivity contribution in [2.45, 2.75) is 26.3 Å². The van der Waals surface area contributed by atoms with E-state index >= 15 is 0 Å². The molecule has 108 valence electrons. The maximum absolute atomic E-state index is 12.0. The number of thiazole rings is 1.